The third-order valence-electron chi connectivity index (χ3n) is 5.32. The molecule has 0 aliphatic carbocycles. The number of nitrogens with zero attached hydrogens (tertiary/aromatic N) is 3. The Morgan fingerprint density at radius 1 is 1.16 bits per heavy atom. The monoisotopic (exact) mass is 454 g/mol. The number of sulfonamides is 1. The lowest BCUT2D eigenvalue weighted by Crippen LogP contribution is -2.34. The topological polar surface area (TPSA) is 105 Å². The molecule has 0 saturated heterocycles. The van der Waals surface area contributed by atoms with Crippen molar-refractivity contribution in [2.75, 3.05) is 15.9 Å². The van der Waals surface area contributed by atoms with Gasteiger partial charge in [0.1, 0.15) is 0 Å². The number of aromatic nitrogens is 2. The predicted octanol–water partition coefficient (Wildman–Crippen LogP) is 4.00. The Bertz CT molecular complexity index is 1270. The van der Waals surface area contributed by atoms with Crippen LogP contribution in [0.5, 0.6) is 0 Å². The van der Waals surface area contributed by atoms with Gasteiger partial charge in [-0.25, -0.2) is 8.42 Å². The van der Waals surface area contributed by atoms with Gasteiger partial charge < -0.3 is 9.84 Å². The van der Waals surface area contributed by atoms with Crippen molar-refractivity contribution in [3.63, 3.8) is 0 Å². The molecule has 2 heterocycles. The Kier molecular flexibility index (Phi) is 5.32. The summed E-state index contributed by atoms with van der Waals surface area (Å²) in [6, 6.07) is 12.1. The second kappa shape index (κ2) is 7.74. The van der Waals surface area contributed by atoms with Gasteiger partial charge in [0.05, 0.1) is 11.9 Å². The highest BCUT2D eigenvalue weighted by atomic mass is 32.2. The third kappa shape index (κ3) is 4.25. The van der Waals surface area contributed by atoms with E-state index in [0.29, 0.717) is 35.1 Å². The Balaban J connectivity index is 1.49. The maximum atomic E-state index is 12.8. The number of nitrogens with one attached hydrogen (secondary N) is 1. The van der Waals surface area contributed by atoms with E-state index in [2.05, 4.69) is 15.5 Å². The molecule has 1 amide bonds. The number of amides is 1. The van der Waals surface area contributed by atoms with E-state index in [0.717, 1.165) is 11.1 Å². The molecule has 3 aromatic rings. The van der Waals surface area contributed by atoms with E-state index in [1.165, 1.54) is 10.6 Å². The van der Waals surface area contributed by atoms with Gasteiger partial charge in [-0.15, -0.1) is 0 Å². The normalized spacial score (nSPS) is 16.2. The zero-order valence-corrected chi connectivity index (χ0v) is 19.5. The average Bonchev–Trinajstić information content (AvgIpc) is 3.31. The molecular formula is C23H26N4O4S. The molecule has 1 unspecified atom stereocenters. The van der Waals surface area contributed by atoms with Crippen LogP contribution in [0.1, 0.15) is 49.5 Å². The largest absolute Gasteiger partial charge is 0.338 e. The van der Waals surface area contributed by atoms with Crippen molar-refractivity contribution >= 4 is 27.3 Å². The Hall–Kier alpha value is -3.20. The summed E-state index contributed by atoms with van der Waals surface area (Å²) in [6.45, 7) is 7.86. The van der Waals surface area contributed by atoms with Crippen LogP contribution in [0.15, 0.2) is 47.0 Å². The molecule has 4 rings (SSSR count). The summed E-state index contributed by atoms with van der Waals surface area (Å²) in [6.07, 6.45) is 1.76. The number of hydrogen-bond donors (Lipinski definition) is 1. The Morgan fingerprint density at radius 3 is 2.44 bits per heavy atom. The predicted molar refractivity (Wildman–Crippen MR) is 123 cm³/mol. The van der Waals surface area contributed by atoms with Gasteiger partial charge in [0.15, 0.2) is 0 Å². The number of benzene rings is 2. The summed E-state index contributed by atoms with van der Waals surface area (Å²) in [5.41, 5.74) is 3.14. The lowest BCUT2D eigenvalue weighted by Gasteiger charge is -2.21. The number of anilines is 2. The minimum atomic E-state index is -3.36. The summed E-state index contributed by atoms with van der Waals surface area (Å²) in [4.78, 5) is 17.2. The van der Waals surface area contributed by atoms with Crippen LogP contribution in [0.3, 0.4) is 0 Å². The minimum absolute atomic E-state index is 0.171. The van der Waals surface area contributed by atoms with E-state index in [1.807, 2.05) is 39.8 Å². The summed E-state index contributed by atoms with van der Waals surface area (Å²) in [5, 5.41) is 6.91. The fraction of sp³-hybridized carbons (Fsp3) is 0.348. The molecule has 1 aromatic heterocycles. The number of fused-ring (bicyclic) bond motifs is 1. The maximum Gasteiger partial charge on any atom is 0.255 e. The van der Waals surface area contributed by atoms with Crippen molar-refractivity contribution < 1.29 is 17.7 Å². The van der Waals surface area contributed by atoms with Crippen LogP contribution in [0.2, 0.25) is 0 Å². The maximum absolute atomic E-state index is 12.8. The summed E-state index contributed by atoms with van der Waals surface area (Å²) < 4.78 is 30.9. The molecular weight excluding hydrogens is 428 g/mol. The molecule has 1 N–H and O–H groups in total. The van der Waals surface area contributed by atoms with Crippen molar-refractivity contribution in [1.29, 1.82) is 0 Å². The van der Waals surface area contributed by atoms with Crippen LogP contribution in [-0.2, 0) is 21.9 Å². The molecule has 0 fully saturated rings. The first kappa shape index (κ1) is 22.0. The van der Waals surface area contributed by atoms with Gasteiger partial charge in [-0.3, -0.25) is 9.10 Å². The van der Waals surface area contributed by atoms with Gasteiger partial charge in [-0.2, -0.15) is 4.98 Å². The van der Waals surface area contributed by atoms with Gasteiger partial charge in [-0.1, -0.05) is 25.9 Å². The summed E-state index contributed by atoms with van der Waals surface area (Å²) >= 11 is 0. The van der Waals surface area contributed by atoms with Crippen molar-refractivity contribution in [2.45, 2.75) is 45.6 Å². The van der Waals surface area contributed by atoms with Crippen LogP contribution in [0.4, 0.5) is 11.4 Å². The van der Waals surface area contributed by atoms with E-state index in [1.54, 1.807) is 30.3 Å². The standard InChI is InChI=1S/C23H26N4O4S/c1-14-12-17-13-16(8-11-19(17)27(14)32(5,29)30)21(28)24-18-9-6-15(7-10-18)20-25-22(31-26-20)23(2,3)4/h6-11,13-14H,12H2,1-5H3,(H,24,28). The molecule has 1 aliphatic rings. The fourth-order valence-electron chi connectivity index (χ4n) is 3.80. The van der Waals surface area contributed by atoms with E-state index < -0.39 is 10.0 Å². The Morgan fingerprint density at radius 2 is 1.84 bits per heavy atom. The number of rotatable bonds is 4. The van der Waals surface area contributed by atoms with Crippen molar-refractivity contribution in [2.24, 2.45) is 0 Å². The molecule has 32 heavy (non-hydrogen) atoms. The van der Waals surface area contributed by atoms with Crippen LogP contribution in [0, 0.1) is 0 Å². The fourth-order valence-corrected chi connectivity index (χ4v) is 5.06. The molecule has 0 saturated carbocycles. The zero-order chi connectivity index (χ0) is 23.3. The number of carbonyl (C=O) groups excluding carboxylic acids is 1. The van der Waals surface area contributed by atoms with Gasteiger partial charge in [0.25, 0.3) is 5.91 Å². The highest BCUT2D eigenvalue weighted by molar-refractivity contribution is 7.92. The number of hydrogen-bond acceptors (Lipinski definition) is 6. The van der Waals surface area contributed by atoms with E-state index in [4.69, 9.17) is 4.52 Å². The molecule has 1 atom stereocenters. The van der Waals surface area contributed by atoms with Gasteiger partial charge in [0, 0.05) is 28.3 Å². The molecule has 168 valence electrons. The molecule has 0 spiro atoms. The molecule has 9 heteroatoms. The SMILES string of the molecule is CC1Cc2cc(C(=O)Nc3ccc(-c4noc(C(C)(C)C)n4)cc3)ccc2N1S(C)(=O)=O. The molecule has 1 aliphatic heterocycles. The minimum Gasteiger partial charge on any atom is -0.338 e. The van der Waals surface area contributed by atoms with E-state index in [-0.39, 0.29) is 17.4 Å². The van der Waals surface area contributed by atoms with Crippen LogP contribution >= 0.6 is 0 Å². The Labute approximate surface area is 187 Å². The second-order valence-corrected chi connectivity index (χ2v) is 11.0. The lowest BCUT2D eigenvalue weighted by molar-refractivity contribution is 0.102. The van der Waals surface area contributed by atoms with Gasteiger partial charge in [-0.05, 0) is 61.4 Å². The van der Waals surface area contributed by atoms with Crippen LogP contribution in [0.25, 0.3) is 11.4 Å². The summed E-state index contributed by atoms with van der Waals surface area (Å²) in [5.74, 6) is 0.793. The van der Waals surface area contributed by atoms with Crippen molar-refractivity contribution in [1.82, 2.24) is 10.1 Å². The van der Waals surface area contributed by atoms with Crippen LogP contribution < -0.4 is 9.62 Å². The van der Waals surface area contributed by atoms with Gasteiger partial charge in [0.2, 0.25) is 21.7 Å². The second-order valence-electron chi connectivity index (χ2n) is 9.16. The number of carbonyl (C=O) groups is 1. The van der Waals surface area contributed by atoms with Gasteiger partial charge >= 0.3 is 0 Å². The van der Waals surface area contributed by atoms with E-state index >= 15 is 0 Å². The first-order valence-electron chi connectivity index (χ1n) is 10.3. The molecule has 0 radical (unpaired) electrons. The highest BCUT2D eigenvalue weighted by Gasteiger charge is 2.32. The first-order chi connectivity index (χ1) is 14.9. The lowest BCUT2D eigenvalue weighted by atomic mass is 9.97. The highest BCUT2D eigenvalue weighted by Crippen LogP contribution is 2.35. The molecule has 0 bridgehead atoms. The third-order valence-corrected chi connectivity index (χ3v) is 6.59. The van der Waals surface area contributed by atoms with Crippen LogP contribution in [-0.4, -0.2) is 36.8 Å². The van der Waals surface area contributed by atoms with Crippen molar-refractivity contribution in [3.05, 3.63) is 59.5 Å². The smallest absolute Gasteiger partial charge is 0.255 e. The van der Waals surface area contributed by atoms with E-state index in [9.17, 15) is 13.2 Å². The first-order valence-corrected chi connectivity index (χ1v) is 12.2. The average molecular weight is 455 g/mol. The molecule has 2 aromatic carbocycles. The quantitative estimate of drug-likeness (QED) is 0.639. The molecule has 8 nitrogen and oxygen atoms in total. The zero-order valence-electron chi connectivity index (χ0n) is 18.7. The van der Waals surface area contributed by atoms with Crippen molar-refractivity contribution in [3.8, 4) is 11.4 Å². The summed E-state index contributed by atoms with van der Waals surface area (Å²) in [7, 11) is -3.36.